The molecule has 1 heteroatoms. The topological polar surface area (TPSA) is 20.2 Å². The summed E-state index contributed by atoms with van der Waals surface area (Å²) in [5, 5.41) is 9.82. The molecule has 1 saturated carbocycles. The van der Waals surface area contributed by atoms with Crippen molar-refractivity contribution in [2.75, 3.05) is 0 Å². The van der Waals surface area contributed by atoms with E-state index in [1.54, 1.807) is 0 Å². The average molecular weight is 142 g/mol. The van der Waals surface area contributed by atoms with Crippen LogP contribution in [0.5, 0.6) is 0 Å². The maximum Gasteiger partial charge on any atom is 0.0650 e. The second-order valence-electron chi connectivity index (χ2n) is 4.10. The van der Waals surface area contributed by atoms with Crippen LogP contribution < -0.4 is 0 Å². The molecule has 0 spiro atoms. The number of hydrogen-bond donors (Lipinski definition) is 1. The van der Waals surface area contributed by atoms with Crippen LogP contribution in [0.1, 0.15) is 40.0 Å². The smallest absolute Gasteiger partial charge is 0.0650 e. The van der Waals surface area contributed by atoms with Gasteiger partial charge in [0.1, 0.15) is 0 Å². The van der Waals surface area contributed by atoms with Gasteiger partial charge in [0.15, 0.2) is 0 Å². The van der Waals surface area contributed by atoms with Crippen LogP contribution in [0.15, 0.2) is 0 Å². The van der Waals surface area contributed by atoms with E-state index in [-0.39, 0.29) is 5.60 Å². The Labute approximate surface area is 63.4 Å². The van der Waals surface area contributed by atoms with Gasteiger partial charge in [0.05, 0.1) is 5.60 Å². The molecule has 0 heterocycles. The fourth-order valence-electron chi connectivity index (χ4n) is 2.23. The molecule has 2 atom stereocenters. The summed E-state index contributed by atoms with van der Waals surface area (Å²) >= 11 is 0. The first-order chi connectivity index (χ1) is 4.54. The van der Waals surface area contributed by atoms with Crippen LogP contribution >= 0.6 is 0 Å². The third-order valence-corrected chi connectivity index (χ3v) is 2.80. The SMILES string of the molecule is CC(C)[C@H]1CCC[C@]1(C)O. The highest BCUT2D eigenvalue weighted by Crippen LogP contribution is 2.39. The molecule has 1 aliphatic carbocycles. The second-order valence-corrected chi connectivity index (χ2v) is 4.10. The van der Waals surface area contributed by atoms with Crippen molar-refractivity contribution in [3.63, 3.8) is 0 Å². The average Bonchev–Trinajstić information content (AvgIpc) is 2.08. The Hall–Kier alpha value is -0.0400. The molecular formula is C9H18O. The molecule has 0 saturated heterocycles. The van der Waals surface area contributed by atoms with E-state index in [2.05, 4.69) is 13.8 Å². The van der Waals surface area contributed by atoms with Crippen LogP contribution in [0, 0.1) is 11.8 Å². The van der Waals surface area contributed by atoms with Gasteiger partial charge in [0.25, 0.3) is 0 Å². The van der Waals surface area contributed by atoms with Crippen molar-refractivity contribution in [3.05, 3.63) is 0 Å². The summed E-state index contributed by atoms with van der Waals surface area (Å²) in [6.45, 7) is 6.37. The van der Waals surface area contributed by atoms with Crippen LogP contribution in [0.25, 0.3) is 0 Å². The van der Waals surface area contributed by atoms with Gasteiger partial charge in [-0.15, -0.1) is 0 Å². The van der Waals surface area contributed by atoms with Gasteiger partial charge in [-0.2, -0.15) is 0 Å². The largest absolute Gasteiger partial charge is 0.390 e. The predicted molar refractivity (Wildman–Crippen MR) is 42.8 cm³/mol. The van der Waals surface area contributed by atoms with E-state index < -0.39 is 0 Å². The third-order valence-electron chi connectivity index (χ3n) is 2.80. The standard InChI is InChI=1S/C9H18O/c1-7(2)8-5-4-6-9(8,3)10/h7-8,10H,4-6H2,1-3H3/t8-,9+/m1/s1. The third kappa shape index (κ3) is 1.34. The van der Waals surface area contributed by atoms with Crippen molar-refractivity contribution in [2.24, 2.45) is 11.8 Å². The van der Waals surface area contributed by atoms with Crippen molar-refractivity contribution in [1.82, 2.24) is 0 Å². The van der Waals surface area contributed by atoms with Gasteiger partial charge in [0, 0.05) is 0 Å². The Morgan fingerprint density at radius 1 is 1.50 bits per heavy atom. The molecule has 10 heavy (non-hydrogen) atoms. The zero-order valence-electron chi connectivity index (χ0n) is 7.22. The van der Waals surface area contributed by atoms with Crippen LogP contribution in [0.2, 0.25) is 0 Å². The summed E-state index contributed by atoms with van der Waals surface area (Å²) in [6.07, 6.45) is 3.41. The fourth-order valence-corrected chi connectivity index (χ4v) is 2.23. The quantitative estimate of drug-likeness (QED) is 0.595. The minimum atomic E-state index is -0.367. The molecular weight excluding hydrogens is 124 g/mol. The summed E-state index contributed by atoms with van der Waals surface area (Å²) in [6, 6.07) is 0. The van der Waals surface area contributed by atoms with E-state index >= 15 is 0 Å². The van der Waals surface area contributed by atoms with Crippen LogP contribution in [0.4, 0.5) is 0 Å². The lowest BCUT2D eigenvalue weighted by Crippen LogP contribution is -2.32. The Morgan fingerprint density at radius 3 is 2.30 bits per heavy atom. The minimum absolute atomic E-state index is 0.367. The molecule has 0 radical (unpaired) electrons. The molecule has 60 valence electrons. The summed E-state index contributed by atoms with van der Waals surface area (Å²) in [7, 11) is 0. The Kier molecular flexibility index (Phi) is 2.04. The minimum Gasteiger partial charge on any atom is -0.390 e. The van der Waals surface area contributed by atoms with E-state index in [0.29, 0.717) is 11.8 Å². The van der Waals surface area contributed by atoms with Crippen molar-refractivity contribution < 1.29 is 5.11 Å². The Balaban J connectivity index is 2.59. The van der Waals surface area contributed by atoms with Crippen LogP contribution in [-0.2, 0) is 0 Å². The van der Waals surface area contributed by atoms with E-state index in [1.165, 1.54) is 12.8 Å². The first-order valence-electron chi connectivity index (χ1n) is 4.26. The summed E-state index contributed by atoms with van der Waals surface area (Å²) in [5.74, 6) is 1.17. The maximum atomic E-state index is 9.82. The van der Waals surface area contributed by atoms with Gasteiger partial charge in [-0.3, -0.25) is 0 Å². The van der Waals surface area contributed by atoms with Crippen molar-refractivity contribution in [3.8, 4) is 0 Å². The maximum absolute atomic E-state index is 9.82. The molecule has 1 aliphatic rings. The lowest BCUT2D eigenvalue weighted by molar-refractivity contribution is 0.00296. The molecule has 1 nitrogen and oxygen atoms in total. The van der Waals surface area contributed by atoms with Gasteiger partial charge >= 0.3 is 0 Å². The lowest BCUT2D eigenvalue weighted by Gasteiger charge is -2.28. The van der Waals surface area contributed by atoms with Crippen molar-refractivity contribution in [1.29, 1.82) is 0 Å². The summed E-state index contributed by atoms with van der Waals surface area (Å²) in [5.41, 5.74) is -0.367. The molecule has 0 aromatic carbocycles. The summed E-state index contributed by atoms with van der Waals surface area (Å²) < 4.78 is 0. The number of hydrogen-bond acceptors (Lipinski definition) is 1. The molecule has 1 fully saturated rings. The van der Waals surface area contributed by atoms with Crippen LogP contribution in [-0.4, -0.2) is 10.7 Å². The van der Waals surface area contributed by atoms with Crippen molar-refractivity contribution >= 4 is 0 Å². The number of rotatable bonds is 1. The van der Waals surface area contributed by atoms with E-state index in [9.17, 15) is 5.11 Å². The zero-order valence-corrected chi connectivity index (χ0v) is 7.22. The summed E-state index contributed by atoms with van der Waals surface area (Å²) in [4.78, 5) is 0. The predicted octanol–water partition coefficient (Wildman–Crippen LogP) is 2.19. The molecule has 0 unspecified atom stereocenters. The molecule has 1 rings (SSSR count). The monoisotopic (exact) mass is 142 g/mol. The van der Waals surface area contributed by atoms with E-state index in [1.807, 2.05) is 6.92 Å². The molecule has 0 aromatic heterocycles. The zero-order chi connectivity index (χ0) is 7.78. The highest BCUT2D eigenvalue weighted by atomic mass is 16.3. The fraction of sp³-hybridized carbons (Fsp3) is 1.00. The Bertz CT molecular complexity index is 116. The van der Waals surface area contributed by atoms with Gasteiger partial charge in [-0.1, -0.05) is 20.3 Å². The van der Waals surface area contributed by atoms with Crippen molar-refractivity contribution in [2.45, 2.75) is 45.6 Å². The highest BCUT2D eigenvalue weighted by Gasteiger charge is 2.37. The molecule has 0 aliphatic heterocycles. The van der Waals surface area contributed by atoms with Gasteiger partial charge < -0.3 is 5.11 Å². The number of aliphatic hydroxyl groups is 1. The van der Waals surface area contributed by atoms with Crippen LogP contribution in [0.3, 0.4) is 0 Å². The molecule has 1 N–H and O–H groups in total. The normalized spacial score (nSPS) is 41.1. The van der Waals surface area contributed by atoms with Gasteiger partial charge in [0.2, 0.25) is 0 Å². The molecule has 0 aromatic rings. The lowest BCUT2D eigenvalue weighted by atomic mass is 9.84. The van der Waals surface area contributed by atoms with E-state index in [4.69, 9.17) is 0 Å². The first-order valence-corrected chi connectivity index (χ1v) is 4.26. The van der Waals surface area contributed by atoms with Gasteiger partial charge in [-0.05, 0) is 31.6 Å². The van der Waals surface area contributed by atoms with E-state index in [0.717, 1.165) is 6.42 Å². The first kappa shape index (κ1) is 8.06. The highest BCUT2D eigenvalue weighted by molar-refractivity contribution is 4.89. The van der Waals surface area contributed by atoms with Gasteiger partial charge in [-0.25, -0.2) is 0 Å². The molecule has 0 amide bonds. The second kappa shape index (κ2) is 2.54. The Morgan fingerprint density at radius 2 is 2.10 bits per heavy atom. The molecule has 0 bridgehead atoms.